The van der Waals surface area contributed by atoms with Gasteiger partial charge in [-0.1, -0.05) is 116 Å². The summed E-state index contributed by atoms with van der Waals surface area (Å²) >= 11 is 6.16. The van der Waals surface area contributed by atoms with Gasteiger partial charge < -0.3 is 65.2 Å². The Morgan fingerprint density at radius 3 is 1.84 bits per heavy atom. The normalized spacial score (nSPS) is 21.1. The molecule has 102 heavy (non-hydrogen) atoms. The molecule has 3 aliphatic carbocycles. The van der Waals surface area contributed by atoms with Crippen LogP contribution in [0.3, 0.4) is 0 Å². The number of hydrogen-bond donors (Lipinski definition) is 3. The van der Waals surface area contributed by atoms with E-state index in [1.165, 1.54) is 89.7 Å². The number of fused-ring (bicyclic) bond motifs is 2. The number of rotatable bonds is 32. The molecule has 4 N–H and O–H groups in total. The standard InChI is InChI=1S/C73H112ClF3N12O13/c1-12-22-55(64(78)94)84(8)60(91)39-58(69(99)89-50-30-31-51(89)44-102-43-50)86(10)70(100)63(49-25-15-14-16-26-49)87(11)71(101)72(34-19-20-35-72)80-65(95)56-27-21-36-88(56)67(97)54(33-29-48-28-32-52(53(74)37-48)73(75,76)77)79-59(90)40-82(6)68(98)57(38-47-23-17-18-24-47)85(9)62(93)42-81(5)61(92)41-83(7)66(96)46(4)45(3)13-2/h28,32,37,45-47,49-51,54-58,63H,12-27,29-31,33-36,38-44H2,1-11H3,(H2,78,94)(H,79,90)(H,80,95)/t45-,46-,50?,51?,54-,55-,56-,57-,58-,63-/m0/s1. The molecule has 6 aliphatic rings. The molecule has 25 nitrogen and oxygen atoms in total. The van der Waals surface area contributed by atoms with Crippen LogP contribution in [0.1, 0.15) is 187 Å². The number of nitrogens with zero attached hydrogens (tertiary/aromatic N) is 9. The van der Waals surface area contributed by atoms with E-state index in [0.717, 1.165) is 68.4 Å². The van der Waals surface area contributed by atoms with Crippen LogP contribution in [0.4, 0.5) is 13.2 Å². The molecule has 2 unspecified atom stereocenters. The minimum atomic E-state index is -4.76. The molecule has 0 aromatic heterocycles. The number of nitrogens with two attached hydrogens (primary N) is 1. The van der Waals surface area contributed by atoms with Crippen LogP contribution in [-0.4, -0.2) is 258 Å². The van der Waals surface area contributed by atoms with Crippen molar-refractivity contribution in [2.75, 3.05) is 88.7 Å². The van der Waals surface area contributed by atoms with Crippen molar-refractivity contribution < 1.29 is 75.4 Å². The van der Waals surface area contributed by atoms with E-state index in [1.54, 1.807) is 4.90 Å². The van der Waals surface area contributed by atoms with Crippen molar-refractivity contribution in [3.63, 3.8) is 0 Å². The van der Waals surface area contributed by atoms with Crippen LogP contribution < -0.4 is 16.4 Å². The van der Waals surface area contributed by atoms with Gasteiger partial charge in [0.05, 0.1) is 61.9 Å². The third-order valence-corrected chi connectivity index (χ3v) is 23.2. The van der Waals surface area contributed by atoms with Crippen molar-refractivity contribution in [2.24, 2.45) is 29.4 Å². The lowest BCUT2D eigenvalue weighted by molar-refractivity contribution is -0.159. The molecular weight excluding hydrogens is 1350 g/mol. The van der Waals surface area contributed by atoms with Crippen LogP contribution in [0.5, 0.6) is 0 Å². The second-order valence-electron chi connectivity index (χ2n) is 30.0. The number of nitrogens with one attached hydrogen (secondary N) is 2. The fourth-order valence-corrected chi connectivity index (χ4v) is 16.5. The quantitative estimate of drug-likeness (QED) is 0.0771. The lowest BCUT2D eigenvalue weighted by Gasteiger charge is -2.44. The molecule has 3 saturated carbocycles. The molecule has 570 valence electrons. The number of benzene rings is 1. The highest BCUT2D eigenvalue weighted by atomic mass is 35.5. The molecule has 7 rings (SSSR count). The van der Waals surface area contributed by atoms with Gasteiger partial charge in [-0.3, -0.25) is 57.5 Å². The third kappa shape index (κ3) is 20.0. The smallest absolute Gasteiger partial charge is 0.377 e. The Morgan fingerprint density at radius 2 is 1.25 bits per heavy atom. The fraction of sp³-hybridized carbons (Fsp3) is 0.753. The predicted octanol–water partition coefficient (Wildman–Crippen LogP) is 5.79. The van der Waals surface area contributed by atoms with Crippen molar-refractivity contribution in [1.82, 2.24) is 54.7 Å². The Hall–Kier alpha value is -7.10. The summed E-state index contributed by atoms with van der Waals surface area (Å²) in [6.45, 7) is 6.88. The van der Waals surface area contributed by atoms with Crippen LogP contribution in [0.2, 0.25) is 5.02 Å². The number of likely N-dealkylation sites (tertiary alicyclic amines) is 1. The number of primary amides is 1. The fourth-order valence-electron chi connectivity index (χ4n) is 16.2. The first kappa shape index (κ1) is 82.2. The summed E-state index contributed by atoms with van der Waals surface area (Å²) in [4.78, 5) is 185. The lowest BCUT2D eigenvalue weighted by atomic mass is 9.81. The highest BCUT2D eigenvalue weighted by Gasteiger charge is 2.52. The zero-order chi connectivity index (χ0) is 75.2. The zero-order valence-electron chi connectivity index (χ0n) is 61.8. The molecule has 6 fully saturated rings. The van der Waals surface area contributed by atoms with Crippen molar-refractivity contribution in [1.29, 1.82) is 0 Å². The van der Waals surface area contributed by atoms with Crippen LogP contribution >= 0.6 is 11.6 Å². The largest absolute Gasteiger partial charge is 0.417 e. The maximum absolute atomic E-state index is 15.7. The third-order valence-electron chi connectivity index (χ3n) is 22.9. The van der Waals surface area contributed by atoms with Crippen molar-refractivity contribution in [3.8, 4) is 0 Å². The van der Waals surface area contributed by atoms with E-state index in [4.69, 9.17) is 22.1 Å². The number of halogens is 4. The average Bonchev–Trinajstić information content (AvgIpc) is 1.43. The molecule has 1 aromatic rings. The highest BCUT2D eigenvalue weighted by Crippen LogP contribution is 2.39. The van der Waals surface area contributed by atoms with E-state index < -0.39 is 143 Å². The topological polar surface area (TPSA) is 293 Å². The Labute approximate surface area is 604 Å². The minimum Gasteiger partial charge on any atom is -0.377 e. The Morgan fingerprint density at radius 1 is 0.657 bits per heavy atom. The molecule has 10 atom stereocenters. The Balaban J connectivity index is 1.11. The molecule has 12 amide bonds. The molecule has 1 aromatic carbocycles. The van der Waals surface area contributed by atoms with Gasteiger partial charge in [0.2, 0.25) is 70.9 Å². The monoisotopic (exact) mass is 1460 g/mol. The number of carbonyl (C=O) groups is 12. The number of carbonyl (C=O) groups excluding carboxylic acids is 12. The van der Waals surface area contributed by atoms with Crippen LogP contribution in [0.25, 0.3) is 0 Å². The van der Waals surface area contributed by atoms with E-state index in [-0.39, 0.29) is 113 Å². The minimum absolute atomic E-state index is 0.0292. The van der Waals surface area contributed by atoms with E-state index in [1.807, 2.05) is 27.7 Å². The summed E-state index contributed by atoms with van der Waals surface area (Å²) in [7, 11) is 10.2. The van der Waals surface area contributed by atoms with Crippen molar-refractivity contribution >= 4 is 82.5 Å². The molecular formula is C73H112ClF3N12O13. The van der Waals surface area contributed by atoms with Crippen LogP contribution in [-0.2, 0) is 74.9 Å². The first-order valence-corrected chi connectivity index (χ1v) is 37.3. The number of alkyl halides is 3. The first-order valence-electron chi connectivity index (χ1n) is 36.9. The van der Waals surface area contributed by atoms with Gasteiger partial charge in [0.1, 0.15) is 41.8 Å². The second kappa shape index (κ2) is 36.6. The molecule has 0 radical (unpaired) electrons. The van der Waals surface area contributed by atoms with Gasteiger partial charge in [0.15, 0.2) is 0 Å². The summed E-state index contributed by atoms with van der Waals surface area (Å²) in [6.07, 6.45) is 6.43. The van der Waals surface area contributed by atoms with Gasteiger partial charge in [-0.05, 0) is 112 Å². The number of morpholine rings is 1. The molecule has 0 spiro atoms. The number of ether oxygens (including phenoxy) is 1. The summed E-state index contributed by atoms with van der Waals surface area (Å²) in [6, 6.07) is -4.59. The maximum Gasteiger partial charge on any atom is 0.417 e. The van der Waals surface area contributed by atoms with Gasteiger partial charge in [0, 0.05) is 61.8 Å². The molecule has 3 heterocycles. The summed E-state index contributed by atoms with van der Waals surface area (Å²) in [5, 5.41) is 5.25. The van der Waals surface area contributed by atoms with Crippen molar-refractivity contribution in [3.05, 3.63) is 34.3 Å². The zero-order valence-corrected chi connectivity index (χ0v) is 62.6. The number of likely N-dealkylation sites (N-methyl/N-ethyl adjacent to an activating group) is 7. The summed E-state index contributed by atoms with van der Waals surface area (Å²) in [5.41, 5.74) is 3.43. The first-order chi connectivity index (χ1) is 48.2. The van der Waals surface area contributed by atoms with Crippen LogP contribution in [0, 0.1) is 23.7 Å². The van der Waals surface area contributed by atoms with Gasteiger partial charge in [0.25, 0.3) is 0 Å². The highest BCUT2D eigenvalue weighted by molar-refractivity contribution is 6.31. The molecule has 2 bridgehead atoms. The van der Waals surface area contributed by atoms with Gasteiger partial charge in [-0.2, -0.15) is 13.2 Å². The Kier molecular flexibility index (Phi) is 29.5. The second-order valence-corrected chi connectivity index (χ2v) is 30.4. The van der Waals surface area contributed by atoms with Gasteiger partial charge in [-0.25, -0.2) is 0 Å². The van der Waals surface area contributed by atoms with Crippen molar-refractivity contribution in [2.45, 2.75) is 242 Å². The van der Waals surface area contributed by atoms with E-state index in [2.05, 4.69) is 10.6 Å². The Bertz CT molecular complexity index is 3170. The number of aryl methyl sites for hydroxylation is 1. The van der Waals surface area contributed by atoms with E-state index in [0.29, 0.717) is 56.9 Å². The number of hydrogen-bond acceptors (Lipinski definition) is 13. The van der Waals surface area contributed by atoms with Gasteiger partial charge in [-0.15, -0.1) is 0 Å². The van der Waals surface area contributed by atoms with E-state index >= 15 is 24.0 Å². The molecule has 29 heteroatoms. The maximum atomic E-state index is 15.7. The lowest BCUT2D eigenvalue weighted by Crippen LogP contribution is -2.65. The summed E-state index contributed by atoms with van der Waals surface area (Å²) < 4.78 is 47.5. The molecule has 3 aliphatic heterocycles. The van der Waals surface area contributed by atoms with Gasteiger partial charge >= 0.3 is 6.18 Å². The number of amides is 12. The SMILES string of the molecule is CCC[C@@H](C(N)=O)N(C)C(=O)C[C@@H](C(=O)N1C2CCC1COC2)N(C)C(=O)[C@H](C1CCCCC1)N(C)C(=O)C1(NC(=O)[C@@H]2CCCN2C(=O)[C@H](CCc2ccc(C(F)(F)F)c(Cl)c2)NC(=O)CN(C)C(=O)[C@H](CC2CCCC2)N(C)C(=O)CN(C)C(=O)CN(C)C(=O)[C@@H](C)[C@@H](C)CC)CCCC1. The molecule has 3 saturated heterocycles. The average molecular weight is 1460 g/mol. The summed E-state index contributed by atoms with van der Waals surface area (Å²) in [5.74, 6) is -7.52. The van der Waals surface area contributed by atoms with Crippen LogP contribution in [0.15, 0.2) is 18.2 Å². The van der Waals surface area contributed by atoms with E-state index in [9.17, 15) is 46.7 Å². The predicted molar refractivity (Wildman–Crippen MR) is 375 cm³/mol.